The highest BCUT2D eigenvalue weighted by molar-refractivity contribution is 5.83. The van der Waals surface area contributed by atoms with Crippen molar-refractivity contribution < 1.29 is 4.79 Å². The van der Waals surface area contributed by atoms with Gasteiger partial charge in [-0.15, -0.1) is 0 Å². The van der Waals surface area contributed by atoms with Gasteiger partial charge < -0.3 is 9.88 Å². The summed E-state index contributed by atoms with van der Waals surface area (Å²) >= 11 is 0. The average Bonchev–Trinajstić information content (AvgIpc) is 3.31. The van der Waals surface area contributed by atoms with E-state index in [9.17, 15) is 9.59 Å². The number of pyridine rings is 1. The SMILES string of the molecule is O=C(C1NNC2CCCC21)N1CCc2c(nc(-c3cccnc3)[nH]c2=O)C1. The van der Waals surface area contributed by atoms with Crippen LogP contribution >= 0.6 is 0 Å². The summed E-state index contributed by atoms with van der Waals surface area (Å²) in [6.45, 7) is 0.930. The fourth-order valence-electron chi connectivity index (χ4n) is 4.58. The van der Waals surface area contributed by atoms with E-state index in [1.165, 1.54) is 6.42 Å². The number of hydrogen-bond donors (Lipinski definition) is 3. The summed E-state index contributed by atoms with van der Waals surface area (Å²) in [6.07, 6.45) is 7.25. The van der Waals surface area contributed by atoms with Gasteiger partial charge in [0, 0.05) is 42.0 Å². The van der Waals surface area contributed by atoms with Crippen LogP contribution in [0.2, 0.25) is 0 Å². The first-order chi connectivity index (χ1) is 13.2. The molecular formula is C19H22N6O2. The molecule has 8 nitrogen and oxygen atoms in total. The number of carbonyl (C=O) groups is 1. The lowest BCUT2D eigenvalue weighted by Crippen LogP contribution is -2.50. The molecule has 4 heterocycles. The number of fused-ring (bicyclic) bond motifs is 2. The lowest BCUT2D eigenvalue weighted by molar-refractivity contribution is -0.135. The van der Waals surface area contributed by atoms with Crippen molar-refractivity contribution in [2.24, 2.45) is 5.92 Å². The van der Waals surface area contributed by atoms with Crippen LogP contribution in [0, 0.1) is 5.92 Å². The lowest BCUT2D eigenvalue weighted by Gasteiger charge is -2.31. The maximum Gasteiger partial charge on any atom is 0.254 e. The third kappa shape index (κ3) is 2.85. The molecule has 3 N–H and O–H groups in total. The fourth-order valence-corrected chi connectivity index (χ4v) is 4.58. The zero-order valence-electron chi connectivity index (χ0n) is 14.9. The van der Waals surface area contributed by atoms with Gasteiger partial charge in [0.25, 0.3) is 5.56 Å². The van der Waals surface area contributed by atoms with Crippen LogP contribution in [-0.2, 0) is 17.8 Å². The second-order valence-corrected chi connectivity index (χ2v) is 7.56. The van der Waals surface area contributed by atoms with Gasteiger partial charge in [0.2, 0.25) is 5.91 Å². The maximum atomic E-state index is 13.1. The largest absolute Gasteiger partial charge is 0.335 e. The predicted octanol–water partition coefficient (Wildman–Crippen LogP) is 0.362. The first-order valence-corrected chi connectivity index (χ1v) is 9.53. The Morgan fingerprint density at radius 2 is 2.19 bits per heavy atom. The van der Waals surface area contributed by atoms with Crippen LogP contribution < -0.4 is 16.4 Å². The first-order valence-electron chi connectivity index (χ1n) is 9.53. The highest BCUT2D eigenvalue weighted by atomic mass is 16.2. The summed E-state index contributed by atoms with van der Waals surface area (Å²) in [4.78, 5) is 39.0. The Labute approximate surface area is 156 Å². The topological polar surface area (TPSA) is 103 Å². The number of carbonyl (C=O) groups excluding carboxylic acids is 1. The molecule has 5 rings (SSSR count). The quantitative estimate of drug-likeness (QED) is 0.709. The molecule has 0 spiro atoms. The highest BCUT2D eigenvalue weighted by Crippen LogP contribution is 2.32. The van der Waals surface area contributed by atoms with Crippen molar-refractivity contribution in [3.63, 3.8) is 0 Å². The Morgan fingerprint density at radius 1 is 1.26 bits per heavy atom. The van der Waals surface area contributed by atoms with Crippen LogP contribution in [0.5, 0.6) is 0 Å². The lowest BCUT2D eigenvalue weighted by atomic mass is 9.95. The Hall–Kier alpha value is -2.58. The monoisotopic (exact) mass is 366 g/mol. The Kier molecular flexibility index (Phi) is 4.02. The summed E-state index contributed by atoms with van der Waals surface area (Å²) < 4.78 is 0. The average molecular weight is 366 g/mol. The molecule has 1 aliphatic carbocycles. The summed E-state index contributed by atoms with van der Waals surface area (Å²) in [7, 11) is 0. The van der Waals surface area contributed by atoms with Crippen LogP contribution in [-0.4, -0.2) is 44.4 Å². The van der Waals surface area contributed by atoms with E-state index in [2.05, 4.69) is 25.8 Å². The Bertz CT molecular complexity index is 928. The molecule has 140 valence electrons. The molecule has 1 amide bonds. The molecule has 8 heteroatoms. The minimum atomic E-state index is -0.182. The van der Waals surface area contributed by atoms with Gasteiger partial charge in [0.1, 0.15) is 11.9 Å². The van der Waals surface area contributed by atoms with Crippen LogP contribution in [0.3, 0.4) is 0 Å². The summed E-state index contributed by atoms with van der Waals surface area (Å²) in [6, 6.07) is 3.88. The third-order valence-electron chi connectivity index (χ3n) is 6.01. The minimum absolute atomic E-state index is 0.104. The minimum Gasteiger partial charge on any atom is -0.335 e. The van der Waals surface area contributed by atoms with E-state index in [4.69, 9.17) is 0 Å². The number of aromatic amines is 1. The van der Waals surface area contributed by atoms with E-state index in [0.29, 0.717) is 48.6 Å². The normalized spacial score (nSPS) is 26.7. The number of hydrazine groups is 1. The zero-order chi connectivity index (χ0) is 18.4. The van der Waals surface area contributed by atoms with Gasteiger partial charge in [-0.2, -0.15) is 0 Å². The Morgan fingerprint density at radius 3 is 3.04 bits per heavy atom. The first kappa shape index (κ1) is 16.6. The molecular weight excluding hydrogens is 344 g/mol. The molecule has 3 aliphatic rings. The van der Waals surface area contributed by atoms with Crippen LogP contribution in [0.15, 0.2) is 29.3 Å². The smallest absolute Gasteiger partial charge is 0.254 e. The number of rotatable bonds is 2. The third-order valence-corrected chi connectivity index (χ3v) is 6.01. The summed E-state index contributed by atoms with van der Waals surface area (Å²) in [5, 5.41) is 0. The van der Waals surface area contributed by atoms with E-state index in [-0.39, 0.29) is 17.5 Å². The Balaban J connectivity index is 1.41. The van der Waals surface area contributed by atoms with Gasteiger partial charge in [-0.3, -0.25) is 20.0 Å². The van der Waals surface area contributed by atoms with Gasteiger partial charge in [-0.1, -0.05) is 6.42 Å². The molecule has 0 bridgehead atoms. The van der Waals surface area contributed by atoms with E-state index < -0.39 is 0 Å². The second kappa shape index (κ2) is 6.54. The van der Waals surface area contributed by atoms with E-state index >= 15 is 0 Å². The van der Waals surface area contributed by atoms with Gasteiger partial charge in [-0.25, -0.2) is 10.4 Å². The predicted molar refractivity (Wildman–Crippen MR) is 98.4 cm³/mol. The van der Waals surface area contributed by atoms with Gasteiger partial charge >= 0.3 is 0 Å². The van der Waals surface area contributed by atoms with Gasteiger partial charge in [0.05, 0.1) is 12.2 Å². The number of amides is 1. The van der Waals surface area contributed by atoms with Crippen molar-refractivity contribution in [2.75, 3.05) is 6.54 Å². The van der Waals surface area contributed by atoms with Crippen molar-refractivity contribution in [1.82, 2.24) is 30.7 Å². The van der Waals surface area contributed by atoms with Crippen LogP contribution in [0.4, 0.5) is 0 Å². The molecule has 3 unspecified atom stereocenters. The van der Waals surface area contributed by atoms with E-state index in [1.54, 1.807) is 18.5 Å². The van der Waals surface area contributed by atoms with Gasteiger partial charge in [0.15, 0.2) is 0 Å². The number of nitrogens with one attached hydrogen (secondary N) is 3. The highest BCUT2D eigenvalue weighted by Gasteiger charge is 2.44. The van der Waals surface area contributed by atoms with E-state index in [1.807, 2.05) is 11.0 Å². The van der Waals surface area contributed by atoms with Crippen LogP contribution in [0.25, 0.3) is 11.4 Å². The fraction of sp³-hybridized carbons (Fsp3) is 0.474. The number of aromatic nitrogens is 3. The molecule has 2 aromatic rings. The van der Waals surface area contributed by atoms with Gasteiger partial charge in [-0.05, 0) is 31.4 Å². The van der Waals surface area contributed by atoms with Crippen molar-refractivity contribution in [3.05, 3.63) is 46.1 Å². The molecule has 0 radical (unpaired) electrons. The number of hydrogen-bond acceptors (Lipinski definition) is 6. The van der Waals surface area contributed by atoms with E-state index in [0.717, 1.165) is 18.4 Å². The number of nitrogens with zero attached hydrogens (tertiary/aromatic N) is 3. The number of H-pyrrole nitrogens is 1. The molecule has 1 saturated carbocycles. The van der Waals surface area contributed by atoms with Crippen molar-refractivity contribution in [1.29, 1.82) is 0 Å². The zero-order valence-corrected chi connectivity index (χ0v) is 14.9. The van der Waals surface area contributed by atoms with Crippen molar-refractivity contribution >= 4 is 5.91 Å². The molecule has 2 aliphatic heterocycles. The molecule has 2 fully saturated rings. The standard InChI is InChI=1S/C19H22N6O2/c26-18-13-6-8-25(19(27)16-12-4-1-5-14(12)23-24-16)10-15(13)21-17(22-18)11-3-2-7-20-9-11/h2-3,7,9,12,14,16,23-24H,1,4-6,8,10H2,(H,21,22,26). The molecule has 27 heavy (non-hydrogen) atoms. The maximum absolute atomic E-state index is 13.1. The molecule has 2 aromatic heterocycles. The molecule has 1 saturated heterocycles. The van der Waals surface area contributed by atoms with Crippen molar-refractivity contribution in [3.8, 4) is 11.4 Å². The van der Waals surface area contributed by atoms with Crippen molar-refractivity contribution in [2.45, 2.75) is 44.3 Å². The van der Waals surface area contributed by atoms with Crippen LogP contribution in [0.1, 0.15) is 30.5 Å². The summed E-state index contributed by atoms with van der Waals surface area (Å²) in [5.41, 5.74) is 8.47. The summed E-state index contributed by atoms with van der Waals surface area (Å²) in [5.74, 6) is 0.960. The molecule has 0 aromatic carbocycles. The molecule has 3 atom stereocenters. The second-order valence-electron chi connectivity index (χ2n) is 7.56.